The van der Waals surface area contributed by atoms with E-state index >= 15 is 0 Å². The van der Waals surface area contributed by atoms with Gasteiger partial charge in [0.15, 0.2) is 5.84 Å². The van der Waals surface area contributed by atoms with Crippen LogP contribution in [0.4, 0.5) is 5.69 Å². The maximum absolute atomic E-state index is 11.5. The molecule has 0 aromatic carbocycles. The molecule has 0 amide bonds. The minimum atomic E-state index is -3.16. The molecule has 3 N–H and O–H groups in total. The third kappa shape index (κ3) is 2.99. The molecule has 2 heterocycles. The summed E-state index contributed by atoms with van der Waals surface area (Å²) >= 11 is 0. The third-order valence-electron chi connectivity index (χ3n) is 3.19. The zero-order valence-corrected chi connectivity index (χ0v) is 11.9. The van der Waals surface area contributed by atoms with E-state index in [4.69, 9.17) is 10.9 Å². The summed E-state index contributed by atoms with van der Waals surface area (Å²) in [5, 5.41) is 11.7. The van der Waals surface area contributed by atoms with Crippen molar-refractivity contribution in [2.45, 2.75) is 0 Å². The Labute approximate surface area is 117 Å². The number of piperazine rings is 1. The second-order valence-corrected chi connectivity index (χ2v) is 6.49. The number of pyridine rings is 1. The summed E-state index contributed by atoms with van der Waals surface area (Å²) in [5.41, 5.74) is 6.73. The van der Waals surface area contributed by atoms with Crippen molar-refractivity contribution < 1.29 is 13.6 Å². The number of rotatable bonds is 3. The van der Waals surface area contributed by atoms with Gasteiger partial charge in [-0.2, -0.15) is 4.31 Å². The predicted octanol–water partition coefficient (Wildman–Crippen LogP) is -0.742. The van der Waals surface area contributed by atoms with Gasteiger partial charge in [-0.15, -0.1) is 0 Å². The fraction of sp³-hybridized carbons (Fsp3) is 0.455. The van der Waals surface area contributed by atoms with E-state index in [-0.39, 0.29) is 5.84 Å². The molecule has 20 heavy (non-hydrogen) atoms. The van der Waals surface area contributed by atoms with Crippen molar-refractivity contribution >= 4 is 21.5 Å². The van der Waals surface area contributed by atoms with E-state index in [0.29, 0.717) is 31.9 Å². The molecule has 110 valence electrons. The van der Waals surface area contributed by atoms with Crippen molar-refractivity contribution in [2.24, 2.45) is 10.9 Å². The maximum atomic E-state index is 11.5. The van der Waals surface area contributed by atoms with Gasteiger partial charge in [0.1, 0.15) is 5.69 Å². The minimum absolute atomic E-state index is 0.0638. The van der Waals surface area contributed by atoms with Crippen LogP contribution in [0.25, 0.3) is 0 Å². The highest BCUT2D eigenvalue weighted by Crippen LogP contribution is 2.20. The minimum Gasteiger partial charge on any atom is -0.409 e. The van der Waals surface area contributed by atoms with Crippen molar-refractivity contribution in [2.75, 3.05) is 37.3 Å². The molecule has 0 saturated carbocycles. The number of hydrogen-bond donors (Lipinski definition) is 2. The molecule has 0 bridgehead atoms. The molecule has 0 spiro atoms. The van der Waals surface area contributed by atoms with Crippen LogP contribution in [0.2, 0.25) is 0 Å². The first-order valence-electron chi connectivity index (χ1n) is 6.06. The van der Waals surface area contributed by atoms with Crippen LogP contribution in [-0.2, 0) is 10.0 Å². The largest absolute Gasteiger partial charge is 0.409 e. The topological polar surface area (TPSA) is 112 Å². The average molecular weight is 299 g/mol. The number of hydrogen-bond acceptors (Lipinski definition) is 6. The lowest BCUT2D eigenvalue weighted by atomic mass is 10.2. The van der Waals surface area contributed by atoms with Gasteiger partial charge in [0.05, 0.1) is 11.9 Å². The molecule has 0 atom stereocenters. The smallest absolute Gasteiger partial charge is 0.211 e. The SMILES string of the molecule is CS(=O)(=O)N1CCN(c2cccnc2/C(N)=N/O)CC1. The highest BCUT2D eigenvalue weighted by molar-refractivity contribution is 7.88. The second kappa shape index (κ2) is 5.63. The first-order valence-corrected chi connectivity index (χ1v) is 7.91. The monoisotopic (exact) mass is 299 g/mol. The van der Waals surface area contributed by atoms with Crippen LogP contribution >= 0.6 is 0 Å². The lowest BCUT2D eigenvalue weighted by Gasteiger charge is -2.35. The molecule has 1 fully saturated rings. The molecule has 2 rings (SSSR count). The number of amidine groups is 1. The van der Waals surface area contributed by atoms with Gasteiger partial charge in [0, 0.05) is 32.4 Å². The average Bonchev–Trinajstić information content (AvgIpc) is 2.45. The van der Waals surface area contributed by atoms with Crippen LogP contribution in [0.5, 0.6) is 0 Å². The second-order valence-electron chi connectivity index (χ2n) is 4.51. The van der Waals surface area contributed by atoms with Crippen molar-refractivity contribution in [1.82, 2.24) is 9.29 Å². The Hall–Kier alpha value is -1.87. The molecule has 1 aromatic heterocycles. The van der Waals surface area contributed by atoms with Crippen LogP contribution in [0.1, 0.15) is 5.69 Å². The molecular weight excluding hydrogens is 282 g/mol. The van der Waals surface area contributed by atoms with Crippen LogP contribution in [0, 0.1) is 0 Å². The number of oxime groups is 1. The number of nitrogens with two attached hydrogens (primary N) is 1. The van der Waals surface area contributed by atoms with Crippen LogP contribution < -0.4 is 10.6 Å². The van der Waals surface area contributed by atoms with E-state index in [2.05, 4.69) is 10.1 Å². The predicted molar refractivity (Wildman–Crippen MR) is 75.4 cm³/mol. The highest BCUT2D eigenvalue weighted by atomic mass is 32.2. The van der Waals surface area contributed by atoms with Crippen LogP contribution in [0.15, 0.2) is 23.5 Å². The summed E-state index contributed by atoms with van der Waals surface area (Å²) in [4.78, 5) is 6.08. The van der Waals surface area contributed by atoms with Gasteiger partial charge in [-0.3, -0.25) is 4.98 Å². The molecule has 9 heteroatoms. The van der Waals surface area contributed by atoms with Gasteiger partial charge in [-0.1, -0.05) is 5.16 Å². The molecule has 1 saturated heterocycles. The summed E-state index contributed by atoms with van der Waals surface area (Å²) in [7, 11) is -3.16. The van der Waals surface area contributed by atoms with E-state index in [1.807, 2.05) is 11.0 Å². The molecule has 1 aromatic rings. The van der Waals surface area contributed by atoms with E-state index in [1.54, 1.807) is 12.3 Å². The van der Waals surface area contributed by atoms with Crippen molar-refractivity contribution in [3.8, 4) is 0 Å². The molecule has 0 radical (unpaired) electrons. The fourth-order valence-electron chi connectivity index (χ4n) is 2.16. The number of aromatic nitrogens is 1. The highest BCUT2D eigenvalue weighted by Gasteiger charge is 2.25. The number of nitrogens with zero attached hydrogens (tertiary/aromatic N) is 4. The summed E-state index contributed by atoms with van der Waals surface area (Å²) in [6.07, 6.45) is 2.76. The molecule has 1 aliphatic heterocycles. The van der Waals surface area contributed by atoms with E-state index in [0.717, 1.165) is 5.69 Å². The first kappa shape index (κ1) is 14.5. The Kier molecular flexibility index (Phi) is 4.09. The van der Waals surface area contributed by atoms with Crippen molar-refractivity contribution in [3.63, 3.8) is 0 Å². The quantitative estimate of drug-likeness (QED) is 0.329. The summed E-state index contributed by atoms with van der Waals surface area (Å²) < 4.78 is 24.4. The van der Waals surface area contributed by atoms with Gasteiger partial charge < -0.3 is 15.8 Å². The maximum Gasteiger partial charge on any atom is 0.211 e. The third-order valence-corrected chi connectivity index (χ3v) is 4.49. The van der Waals surface area contributed by atoms with E-state index in [1.165, 1.54) is 10.6 Å². The van der Waals surface area contributed by atoms with Crippen LogP contribution in [0.3, 0.4) is 0 Å². The number of anilines is 1. The Morgan fingerprint density at radius 3 is 2.60 bits per heavy atom. The zero-order chi connectivity index (χ0) is 14.8. The van der Waals surface area contributed by atoms with E-state index < -0.39 is 10.0 Å². The van der Waals surface area contributed by atoms with Gasteiger partial charge in [0.25, 0.3) is 0 Å². The standard InChI is InChI=1S/C11H17N5O3S/c1-20(18,19)16-7-5-15(6-8-16)9-3-2-4-13-10(9)11(12)14-17/h2-4,17H,5-8H2,1H3,(H2,12,14). The van der Waals surface area contributed by atoms with E-state index in [9.17, 15) is 8.42 Å². The Morgan fingerprint density at radius 2 is 2.05 bits per heavy atom. The molecule has 0 unspecified atom stereocenters. The molecular formula is C11H17N5O3S. The normalized spacial score (nSPS) is 18.2. The summed E-state index contributed by atoms with van der Waals surface area (Å²) in [5.74, 6) is -0.0638. The summed E-state index contributed by atoms with van der Waals surface area (Å²) in [6.45, 7) is 1.88. The van der Waals surface area contributed by atoms with Crippen LogP contribution in [-0.4, -0.2) is 61.2 Å². The van der Waals surface area contributed by atoms with Gasteiger partial charge in [-0.25, -0.2) is 8.42 Å². The summed E-state index contributed by atoms with van der Waals surface area (Å²) in [6, 6.07) is 3.57. The molecule has 0 aliphatic carbocycles. The fourth-order valence-corrected chi connectivity index (χ4v) is 2.98. The molecule has 8 nitrogen and oxygen atoms in total. The Bertz CT molecular complexity index is 608. The Morgan fingerprint density at radius 1 is 1.40 bits per heavy atom. The Balaban J connectivity index is 2.20. The van der Waals surface area contributed by atoms with Crippen molar-refractivity contribution in [1.29, 1.82) is 0 Å². The van der Waals surface area contributed by atoms with Gasteiger partial charge in [-0.05, 0) is 12.1 Å². The number of sulfonamides is 1. The van der Waals surface area contributed by atoms with Gasteiger partial charge in [0.2, 0.25) is 10.0 Å². The lowest BCUT2D eigenvalue weighted by molar-refractivity contribution is 0.318. The first-order chi connectivity index (χ1) is 9.43. The van der Waals surface area contributed by atoms with Crippen molar-refractivity contribution in [3.05, 3.63) is 24.0 Å². The van der Waals surface area contributed by atoms with Gasteiger partial charge >= 0.3 is 0 Å². The molecule has 1 aliphatic rings. The zero-order valence-electron chi connectivity index (χ0n) is 11.1. The lowest BCUT2D eigenvalue weighted by Crippen LogP contribution is -2.48.